The Balaban J connectivity index is 0.000000205. The van der Waals surface area contributed by atoms with Gasteiger partial charge in [0.1, 0.15) is 0 Å². The van der Waals surface area contributed by atoms with Crippen molar-refractivity contribution < 1.29 is 17.1 Å². The van der Waals surface area contributed by atoms with Gasteiger partial charge in [-0.3, -0.25) is 0 Å². The van der Waals surface area contributed by atoms with Crippen LogP contribution in [0.4, 0.5) is 5.69 Å². The fourth-order valence-electron chi connectivity index (χ4n) is 2.13. The SMILES string of the molecule is C[c-]1cccc1N1CCCC1.[Fe].[cH-]1[cH-][cH-][cH-][cH-]1. The molecular formula is C15H19FeN-6. The van der Waals surface area contributed by atoms with Crippen molar-refractivity contribution in [1.82, 2.24) is 0 Å². The predicted molar refractivity (Wildman–Crippen MR) is 70.3 cm³/mol. The van der Waals surface area contributed by atoms with E-state index in [0.29, 0.717) is 0 Å². The van der Waals surface area contributed by atoms with E-state index in [4.69, 9.17) is 0 Å². The molecule has 98 valence electrons. The summed E-state index contributed by atoms with van der Waals surface area (Å²) in [7, 11) is 0. The molecule has 0 aliphatic carbocycles. The molecule has 1 saturated heterocycles. The molecule has 2 aromatic carbocycles. The molecule has 0 N–H and O–H groups in total. The zero-order valence-corrected chi connectivity index (χ0v) is 11.4. The van der Waals surface area contributed by atoms with Crippen LogP contribution in [0, 0.1) is 6.92 Å². The fourth-order valence-corrected chi connectivity index (χ4v) is 2.13. The van der Waals surface area contributed by atoms with Crippen LogP contribution in [-0.2, 0) is 17.1 Å². The first-order valence-corrected chi connectivity index (χ1v) is 6.02. The van der Waals surface area contributed by atoms with E-state index in [1.165, 1.54) is 37.2 Å². The molecule has 17 heavy (non-hydrogen) atoms. The van der Waals surface area contributed by atoms with Crippen LogP contribution in [-0.4, -0.2) is 13.1 Å². The van der Waals surface area contributed by atoms with E-state index >= 15 is 0 Å². The quantitative estimate of drug-likeness (QED) is 0.563. The Bertz CT molecular complexity index is 366. The second-order valence-electron chi connectivity index (χ2n) is 4.25. The Morgan fingerprint density at radius 1 is 1.06 bits per heavy atom. The second kappa shape index (κ2) is 7.37. The summed E-state index contributed by atoms with van der Waals surface area (Å²) in [6.45, 7) is 4.70. The normalized spacial score (nSPS) is 13.8. The summed E-state index contributed by atoms with van der Waals surface area (Å²) in [6, 6.07) is 16.6. The minimum absolute atomic E-state index is 0. The van der Waals surface area contributed by atoms with Crippen LogP contribution in [0.1, 0.15) is 18.4 Å². The third kappa shape index (κ3) is 4.07. The van der Waals surface area contributed by atoms with Crippen molar-refractivity contribution in [3.05, 3.63) is 54.1 Å². The second-order valence-corrected chi connectivity index (χ2v) is 4.25. The summed E-state index contributed by atoms with van der Waals surface area (Å²) in [5.74, 6) is 0. The van der Waals surface area contributed by atoms with Gasteiger partial charge in [0.2, 0.25) is 0 Å². The molecule has 2 aromatic rings. The molecule has 1 heterocycles. The summed E-state index contributed by atoms with van der Waals surface area (Å²) in [6.07, 6.45) is 2.73. The number of hydrogen-bond acceptors (Lipinski definition) is 1. The van der Waals surface area contributed by atoms with Crippen molar-refractivity contribution in [3.63, 3.8) is 0 Å². The van der Waals surface area contributed by atoms with Gasteiger partial charge in [0.15, 0.2) is 0 Å². The maximum Gasteiger partial charge on any atom is 0.0156 e. The summed E-state index contributed by atoms with van der Waals surface area (Å²) in [5, 5.41) is 0. The Morgan fingerprint density at radius 3 is 2.00 bits per heavy atom. The Hall–Kier alpha value is -0.981. The summed E-state index contributed by atoms with van der Waals surface area (Å²) in [4.78, 5) is 2.48. The monoisotopic (exact) mass is 269 g/mol. The molecule has 1 aliphatic rings. The average molecular weight is 269 g/mol. The van der Waals surface area contributed by atoms with Crippen molar-refractivity contribution in [1.29, 1.82) is 0 Å². The third-order valence-electron chi connectivity index (χ3n) is 3.01. The van der Waals surface area contributed by atoms with E-state index in [1.807, 2.05) is 30.3 Å². The van der Waals surface area contributed by atoms with Gasteiger partial charge in [0, 0.05) is 30.2 Å². The van der Waals surface area contributed by atoms with E-state index in [1.54, 1.807) is 0 Å². The molecule has 0 saturated carbocycles. The van der Waals surface area contributed by atoms with E-state index in [2.05, 4.69) is 30.0 Å². The van der Waals surface area contributed by atoms with Gasteiger partial charge in [-0.25, -0.2) is 6.07 Å². The molecule has 0 amide bonds. The molecule has 0 spiro atoms. The van der Waals surface area contributed by atoms with Crippen molar-refractivity contribution in [3.8, 4) is 0 Å². The summed E-state index contributed by atoms with van der Waals surface area (Å²) in [5.41, 5.74) is 2.87. The Morgan fingerprint density at radius 2 is 1.59 bits per heavy atom. The molecule has 2 heteroatoms. The van der Waals surface area contributed by atoms with Crippen LogP contribution in [0.3, 0.4) is 0 Å². The number of anilines is 1. The Kier molecular flexibility index (Phi) is 6.10. The van der Waals surface area contributed by atoms with Gasteiger partial charge in [-0.15, -0.1) is 5.56 Å². The summed E-state index contributed by atoms with van der Waals surface area (Å²) < 4.78 is 0. The van der Waals surface area contributed by atoms with Crippen molar-refractivity contribution in [2.45, 2.75) is 19.8 Å². The number of aryl methyl sites for hydroxylation is 1. The van der Waals surface area contributed by atoms with Crippen LogP contribution in [0.15, 0.2) is 48.5 Å². The van der Waals surface area contributed by atoms with Gasteiger partial charge in [0.05, 0.1) is 0 Å². The molecule has 3 rings (SSSR count). The molecule has 0 atom stereocenters. The minimum Gasteiger partial charge on any atom is -0.748 e. The number of hydrogen-bond donors (Lipinski definition) is 0. The van der Waals surface area contributed by atoms with Gasteiger partial charge >= 0.3 is 0 Å². The predicted octanol–water partition coefficient (Wildman–Crippen LogP) is 3.72. The molecular weight excluding hydrogens is 250 g/mol. The van der Waals surface area contributed by atoms with E-state index < -0.39 is 0 Å². The van der Waals surface area contributed by atoms with Crippen molar-refractivity contribution in [2.24, 2.45) is 0 Å². The van der Waals surface area contributed by atoms with E-state index in [-0.39, 0.29) is 17.1 Å². The maximum atomic E-state index is 2.48. The molecule has 1 fully saturated rings. The molecule has 0 aromatic heterocycles. The molecule has 1 nitrogen and oxygen atoms in total. The van der Waals surface area contributed by atoms with Crippen LogP contribution in [0.2, 0.25) is 0 Å². The zero-order valence-electron chi connectivity index (χ0n) is 10.2. The van der Waals surface area contributed by atoms with Gasteiger partial charge in [-0.2, -0.15) is 12.1 Å². The topological polar surface area (TPSA) is 3.24 Å². The third-order valence-corrected chi connectivity index (χ3v) is 3.01. The average Bonchev–Trinajstić information content (AvgIpc) is 3.02. The van der Waals surface area contributed by atoms with Crippen LogP contribution >= 0.6 is 0 Å². The smallest absolute Gasteiger partial charge is 0.0156 e. The van der Waals surface area contributed by atoms with E-state index in [0.717, 1.165) is 0 Å². The van der Waals surface area contributed by atoms with Gasteiger partial charge < -0.3 is 35.2 Å². The maximum absolute atomic E-state index is 2.48. The fraction of sp³-hybridized carbons (Fsp3) is 0.333. The van der Waals surface area contributed by atoms with E-state index in [9.17, 15) is 0 Å². The molecule has 0 unspecified atom stereocenters. The summed E-state index contributed by atoms with van der Waals surface area (Å²) >= 11 is 0. The number of rotatable bonds is 1. The standard InChI is InChI=1S/C10H14N.C5H5.Fe/c1-9-5-4-6-10(9)11-7-2-3-8-11;1-2-4-5-3-1;/h4-6H,2-3,7-8H2,1H3;1-5H;/q-1;-5;. The minimum atomic E-state index is 0. The van der Waals surface area contributed by atoms with Crippen LogP contribution < -0.4 is 4.90 Å². The first-order chi connectivity index (χ1) is 7.88. The molecule has 0 bridgehead atoms. The Labute approximate surface area is 115 Å². The van der Waals surface area contributed by atoms with Gasteiger partial charge in [0.25, 0.3) is 0 Å². The van der Waals surface area contributed by atoms with Gasteiger partial charge in [-0.1, -0.05) is 12.6 Å². The van der Waals surface area contributed by atoms with Crippen LogP contribution in [0.5, 0.6) is 0 Å². The first kappa shape index (κ1) is 14.1. The molecule has 1 aliphatic heterocycles. The molecule has 0 radical (unpaired) electrons. The van der Waals surface area contributed by atoms with Gasteiger partial charge in [-0.05, 0) is 12.8 Å². The van der Waals surface area contributed by atoms with Crippen LogP contribution in [0.25, 0.3) is 0 Å². The van der Waals surface area contributed by atoms with Crippen molar-refractivity contribution in [2.75, 3.05) is 18.0 Å². The van der Waals surface area contributed by atoms with Crippen molar-refractivity contribution >= 4 is 5.69 Å². The zero-order chi connectivity index (χ0) is 11.2. The first-order valence-electron chi connectivity index (χ1n) is 6.02. The number of nitrogens with zero attached hydrogens (tertiary/aromatic N) is 1. The largest absolute Gasteiger partial charge is 0.748 e.